The van der Waals surface area contributed by atoms with Gasteiger partial charge in [-0.1, -0.05) is 24.3 Å². The van der Waals surface area contributed by atoms with Gasteiger partial charge in [0.1, 0.15) is 5.82 Å². The number of aromatic nitrogens is 1. The highest BCUT2D eigenvalue weighted by Crippen LogP contribution is 2.46. The summed E-state index contributed by atoms with van der Waals surface area (Å²) in [7, 11) is 1.61. The molecule has 6 nitrogen and oxygen atoms in total. The lowest BCUT2D eigenvalue weighted by Crippen LogP contribution is -2.62. The summed E-state index contributed by atoms with van der Waals surface area (Å²) in [4.78, 5) is 19.6. The molecule has 8 heteroatoms. The number of rotatable bonds is 4. The van der Waals surface area contributed by atoms with E-state index in [1.54, 1.807) is 13.2 Å². The number of carbonyl (C=O) groups excluding carboxylic acids is 1. The molecular formula is C24H24FN5OS. The number of nitrogens with one attached hydrogen (secondary N) is 2. The van der Waals surface area contributed by atoms with Gasteiger partial charge in [-0.25, -0.2) is 4.39 Å². The van der Waals surface area contributed by atoms with E-state index in [9.17, 15) is 9.18 Å². The number of carbonyl (C=O) groups is 1. The van der Waals surface area contributed by atoms with Crippen LogP contribution in [0.15, 0.2) is 54.2 Å². The van der Waals surface area contributed by atoms with Crippen molar-refractivity contribution in [1.82, 2.24) is 15.2 Å². The number of nitrogens with zero attached hydrogens (tertiary/aromatic N) is 2. The standard InChI is InChI=1S/C24H24FN5OS/c1-23(19-10-16(13-32-19)15-9-18(25)12-28-11-15)20(21(31)30(2)22(26)29-23)14-3-5-17(6-4-14)24(27)7-8-24/h3-6,9-13,20H,7-8,27H2,1-2H3,(H2,26,29)/t20-,23-/m1/s1. The Bertz CT molecular complexity index is 1220. The van der Waals surface area contributed by atoms with Crippen LogP contribution in [0.5, 0.6) is 0 Å². The van der Waals surface area contributed by atoms with Gasteiger partial charge in [-0.2, -0.15) is 0 Å². The summed E-state index contributed by atoms with van der Waals surface area (Å²) in [5.74, 6) is -1.05. The molecule has 0 unspecified atom stereocenters. The Morgan fingerprint density at radius 1 is 1.22 bits per heavy atom. The molecule has 3 aromatic rings. The van der Waals surface area contributed by atoms with Crippen molar-refractivity contribution in [3.63, 3.8) is 0 Å². The van der Waals surface area contributed by atoms with Gasteiger partial charge in [-0.05, 0) is 54.0 Å². The van der Waals surface area contributed by atoms with Crippen LogP contribution in [-0.2, 0) is 15.9 Å². The fourth-order valence-electron chi connectivity index (χ4n) is 4.39. The van der Waals surface area contributed by atoms with Gasteiger partial charge in [0.2, 0.25) is 5.91 Å². The number of likely N-dealkylation sites (N-methyl/N-ethyl adjacent to an activating group) is 1. The van der Waals surface area contributed by atoms with Gasteiger partial charge < -0.3 is 11.1 Å². The third kappa shape index (κ3) is 3.30. The SMILES string of the molecule is CN1C(=N)N[C@](C)(c2cc(-c3cncc(F)c3)cs2)[C@H](c2ccc(C3(N)CC3)cc2)C1=O. The number of benzene rings is 1. The van der Waals surface area contributed by atoms with Crippen LogP contribution in [-0.4, -0.2) is 28.8 Å². The van der Waals surface area contributed by atoms with Crippen LogP contribution in [0.3, 0.4) is 0 Å². The van der Waals surface area contributed by atoms with E-state index >= 15 is 0 Å². The Labute approximate surface area is 189 Å². The molecule has 1 saturated carbocycles. The van der Waals surface area contributed by atoms with Crippen LogP contribution in [0, 0.1) is 11.2 Å². The van der Waals surface area contributed by atoms with Crippen molar-refractivity contribution in [2.45, 2.75) is 36.8 Å². The van der Waals surface area contributed by atoms with Crippen molar-refractivity contribution in [3.05, 3.63) is 76.0 Å². The lowest BCUT2D eigenvalue weighted by atomic mass is 9.76. The molecule has 3 heterocycles. The number of nitrogens with two attached hydrogens (primary N) is 1. The molecule has 1 aliphatic carbocycles. The fraction of sp³-hybridized carbons (Fsp3) is 0.292. The van der Waals surface area contributed by atoms with Crippen LogP contribution in [0.2, 0.25) is 0 Å². The molecule has 1 saturated heterocycles. The molecule has 1 amide bonds. The third-order valence-corrected chi connectivity index (χ3v) is 7.79. The van der Waals surface area contributed by atoms with Gasteiger partial charge in [-0.3, -0.25) is 20.1 Å². The quantitative estimate of drug-likeness (QED) is 0.563. The smallest absolute Gasteiger partial charge is 0.239 e. The zero-order valence-corrected chi connectivity index (χ0v) is 18.7. The van der Waals surface area contributed by atoms with E-state index in [1.165, 1.54) is 28.5 Å². The van der Waals surface area contributed by atoms with Gasteiger partial charge in [0.05, 0.1) is 17.7 Å². The van der Waals surface area contributed by atoms with Gasteiger partial charge in [0.15, 0.2) is 5.96 Å². The number of thiophene rings is 1. The summed E-state index contributed by atoms with van der Waals surface area (Å²) in [6.45, 7) is 1.94. The lowest BCUT2D eigenvalue weighted by molar-refractivity contribution is -0.131. The topological polar surface area (TPSA) is 95.1 Å². The maximum atomic E-state index is 13.7. The number of hydrogen-bond acceptors (Lipinski definition) is 5. The molecular weight excluding hydrogens is 425 g/mol. The lowest BCUT2D eigenvalue weighted by Gasteiger charge is -2.45. The number of halogens is 1. The molecule has 1 aliphatic heterocycles. The summed E-state index contributed by atoms with van der Waals surface area (Å²) in [6.07, 6.45) is 4.73. The average molecular weight is 450 g/mol. The molecule has 2 aliphatic rings. The Morgan fingerprint density at radius 3 is 2.59 bits per heavy atom. The molecule has 4 N–H and O–H groups in total. The van der Waals surface area contributed by atoms with Gasteiger partial charge >= 0.3 is 0 Å². The first-order valence-corrected chi connectivity index (χ1v) is 11.3. The van der Waals surface area contributed by atoms with Crippen LogP contribution in [0.25, 0.3) is 11.1 Å². The van der Waals surface area contributed by atoms with Crippen LogP contribution in [0.4, 0.5) is 4.39 Å². The highest BCUT2D eigenvalue weighted by molar-refractivity contribution is 7.10. The second-order valence-corrected chi connectivity index (χ2v) is 9.79. The van der Waals surface area contributed by atoms with Crippen LogP contribution < -0.4 is 11.1 Å². The van der Waals surface area contributed by atoms with Crippen molar-refractivity contribution in [2.75, 3.05) is 7.05 Å². The van der Waals surface area contributed by atoms with Gasteiger partial charge in [0, 0.05) is 29.2 Å². The minimum Gasteiger partial charge on any atom is -0.345 e. The minimum atomic E-state index is -0.841. The van der Waals surface area contributed by atoms with E-state index < -0.39 is 17.3 Å². The highest BCUT2D eigenvalue weighted by atomic mass is 32.1. The molecule has 32 heavy (non-hydrogen) atoms. The van der Waals surface area contributed by atoms with E-state index in [4.69, 9.17) is 11.1 Å². The number of hydrogen-bond donors (Lipinski definition) is 3. The summed E-state index contributed by atoms with van der Waals surface area (Å²) < 4.78 is 13.7. The monoisotopic (exact) mass is 449 g/mol. The molecule has 0 radical (unpaired) electrons. The number of guanidine groups is 1. The summed E-state index contributed by atoms with van der Waals surface area (Å²) in [6, 6.07) is 11.3. The molecule has 0 bridgehead atoms. The molecule has 164 valence electrons. The predicted octanol–water partition coefficient (Wildman–Crippen LogP) is 3.89. The largest absolute Gasteiger partial charge is 0.345 e. The zero-order valence-electron chi connectivity index (χ0n) is 17.9. The van der Waals surface area contributed by atoms with Crippen LogP contribution in [0.1, 0.15) is 41.7 Å². The van der Waals surface area contributed by atoms with E-state index in [2.05, 4.69) is 10.3 Å². The van der Waals surface area contributed by atoms with E-state index in [-0.39, 0.29) is 17.4 Å². The van der Waals surface area contributed by atoms with Crippen molar-refractivity contribution < 1.29 is 9.18 Å². The molecule has 2 fully saturated rings. The number of amides is 1. The Balaban J connectivity index is 1.56. The second kappa shape index (κ2) is 7.21. The van der Waals surface area contributed by atoms with Gasteiger partial charge in [0.25, 0.3) is 0 Å². The predicted molar refractivity (Wildman–Crippen MR) is 123 cm³/mol. The first-order chi connectivity index (χ1) is 15.2. The van der Waals surface area contributed by atoms with E-state index in [1.807, 2.05) is 42.6 Å². The Hall–Kier alpha value is -3.10. The Morgan fingerprint density at radius 2 is 1.94 bits per heavy atom. The molecule has 2 atom stereocenters. The normalized spacial score (nSPS) is 24.4. The van der Waals surface area contributed by atoms with Crippen molar-refractivity contribution in [3.8, 4) is 11.1 Å². The van der Waals surface area contributed by atoms with Crippen molar-refractivity contribution in [1.29, 1.82) is 5.41 Å². The fourth-order valence-corrected chi connectivity index (χ4v) is 5.46. The summed E-state index contributed by atoms with van der Waals surface area (Å²) in [5.41, 5.74) is 8.69. The second-order valence-electron chi connectivity index (χ2n) is 8.88. The number of pyridine rings is 1. The summed E-state index contributed by atoms with van der Waals surface area (Å²) in [5, 5.41) is 13.5. The maximum Gasteiger partial charge on any atom is 0.239 e. The average Bonchev–Trinajstić information content (AvgIpc) is 3.32. The van der Waals surface area contributed by atoms with E-state index in [0.717, 1.165) is 34.4 Å². The van der Waals surface area contributed by atoms with Crippen LogP contribution >= 0.6 is 11.3 Å². The molecule has 0 spiro atoms. The highest BCUT2D eigenvalue weighted by Gasteiger charge is 2.49. The molecule has 1 aromatic carbocycles. The zero-order chi connectivity index (χ0) is 22.7. The molecule has 5 rings (SSSR count). The first kappa shape index (κ1) is 20.8. The third-order valence-electron chi connectivity index (χ3n) is 6.63. The van der Waals surface area contributed by atoms with Crippen molar-refractivity contribution >= 4 is 23.2 Å². The van der Waals surface area contributed by atoms with Crippen molar-refractivity contribution in [2.24, 2.45) is 5.73 Å². The molecule has 2 aromatic heterocycles. The van der Waals surface area contributed by atoms with E-state index in [0.29, 0.717) is 5.56 Å². The Kier molecular flexibility index (Phi) is 4.69. The maximum absolute atomic E-state index is 13.7. The first-order valence-electron chi connectivity index (χ1n) is 10.4. The minimum absolute atomic E-state index is 0.0478. The summed E-state index contributed by atoms with van der Waals surface area (Å²) >= 11 is 1.48. The van der Waals surface area contributed by atoms with Gasteiger partial charge in [-0.15, -0.1) is 11.3 Å².